The Morgan fingerprint density at radius 2 is 2.21 bits per heavy atom. The number of hydrogen-bond acceptors (Lipinski definition) is 4. The molecule has 0 bridgehead atoms. The molecule has 0 aromatic carbocycles. The van der Waals surface area contributed by atoms with E-state index in [2.05, 4.69) is 22.2 Å². The van der Waals surface area contributed by atoms with Gasteiger partial charge in [-0.3, -0.25) is 0 Å². The van der Waals surface area contributed by atoms with E-state index >= 15 is 0 Å². The molecule has 1 N–H and O–H groups in total. The number of nitrogens with zero attached hydrogens (tertiary/aromatic N) is 2. The topological polar surface area (TPSA) is 47.0 Å². The first-order chi connectivity index (χ1) is 6.81. The fourth-order valence-electron chi connectivity index (χ4n) is 1.51. The molecule has 0 aliphatic heterocycles. The maximum Gasteiger partial charge on any atom is 0.257 e. The van der Waals surface area contributed by atoms with Gasteiger partial charge < -0.3 is 10.1 Å². The second-order valence-corrected chi connectivity index (χ2v) is 3.77. The lowest BCUT2D eigenvalue weighted by atomic mass is 10.3. The molecular formula is C10H15N3O. The molecule has 1 heterocycles. The van der Waals surface area contributed by atoms with Crippen molar-refractivity contribution in [3.63, 3.8) is 0 Å². The molecule has 0 saturated heterocycles. The molecule has 1 aromatic rings. The van der Waals surface area contributed by atoms with Crippen molar-refractivity contribution in [1.82, 2.24) is 9.97 Å². The normalized spacial score (nSPS) is 24.4. The lowest BCUT2D eigenvalue weighted by Gasteiger charge is -2.07. The van der Waals surface area contributed by atoms with Crippen molar-refractivity contribution < 1.29 is 4.74 Å². The lowest BCUT2D eigenvalue weighted by Crippen LogP contribution is -2.07. The predicted molar refractivity (Wildman–Crippen MR) is 54.3 cm³/mol. The van der Waals surface area contributed by atoms with Crippen LogP contribution in [0.5, 0.6) is 5.88 Å². The van der Waals surface area contributed by atoms with Gasteiger partial charge in [-0.1, -0.05) is 6.92 Å². The fraction of sp³-hybridized carbons (Fsp3) is 0.600. The second kappa shape index (κ2) is 3.82. The molecule has 1 saturated carbocycles. The Balaban J connectivity index is 1.94. The van der Waals surface area contributed by atoms with Crippen LogP contribution < -0.4 is 10.1 Å². The number of aromatic nitrogens is 2. The third kappa shape index (κ3) is 1.95. The summed E-state index contributed by atoms with van der Waals surface area (Å²) in [4.78, 5) is 8.24. The second-order valence-electron chi connectivity index (χ2n) is 3.77. The minimum Gasteiger partial charge on any atom is -0.478 e. The first-order valence-electron chi connectivity index (χ1n) is 4.90. The van der Waals surface area contributed by atoms with Crippen LogP contribution in [0.3, 0.4) is 0 Å². The van der Waals surface area contributed by atoms with E-state index < -0.39 is 0 Å². The van der Waals surface area contributed by atoms with Crippen molar-refractivity contribution in [3.05, 3.63) is 12.4 Å². The van der Waals surface area contributed by atoms with Gasteiger partial charge in [-0.25, -0.2) is 9.97 Å². The van der Waals surface area contributed by atoms with Gasteiger partial charge in [0.05, 0.1) is 7.11 Å². The van der Waals surface area contributed by atoms with E-state index in [1.165, 1.54) is 6.42 Å². The fourth-order valence-corrected chi connectivity index (χ4v) is 1.51. The van der Waals surface area contributed by atoms with Gasteiger partial charge >= 0.3 is 0 Å². The van der Waals surface area contributed by atoms with Crippen LogP contribution in [-0.2, 0) is 0 Å². The highest BCUT2D eigenvalue weighted by Gasteiger charge is 2.32. The zero-order valence-corrected chi connectivity index (χ0v) is 8.53. The first-order valence-corrected chi connectivity index (χ1v) is 4.90. The van der Waals surface area contributed by atoms with E-state index in [4.69, 9.17) is 4.74 Å². The van der Waals surface area contributed by atoms with Gasteiger partial charge in [0.1, 0.15) is 0 Å². The van der Waals surface area contributed by atoms with Crippen LogP contribution in [0.1, 0.15) is 13.3 Å². The molecule has 14 heavy (non-hydrogen) atoms. The van der Waals surface area contributed by atoms with Gasteiger partial charge in [-0.05, 0) is 18.3 Å². The van der Waals surface area contributed by atoms with Crippen LogP contribution >= 0.6 is 0 Å². The SMILES string of the molecule is COc1nccnc1NCC1CC1C. The molecule has 0 amide bonds. The molecule has 4 nitrogen and oxygen atoms in total. The maximum absolute atomic E-state index is 5.09. The first kappa shape index (κ1) is 9.24. The van der Waals surface area contributed by atoms with Crippen molar-refractivity contribution in [3.8, 4) is 5.88 Å². The Kier molecular flexibility index (Phi) is 2.52. The lowest BCUT2D eigenvalue weighted by molar-refractivity contribution is 0.397. The molecule has 2 rings (SSSR count). The highest BCUT2D eigenvalue weighted by Crippen LogP contribution is 2.37. The van der Waals surface area contributed by atoms with Crippen molar-refractivity contribution in [1.29, 1.82) is 0 Å². The third-order valence-corrected chi connectivity index (χ3v) is 2.67. The summed E-state index contributed by atoms with van der Waals surface area (Å²) in [6.07, 6.45) is 4.61. The van der Waals surface area contributed by atoms with Crippen LogP contribution in [0.4, 0.5) is 5.82 Å². The highest BCUT2D eigenvalue weighted by atomic mass is 16.5. The van der Waals surface area contributed by atoms with E-state index in [0.29, 0.717) is 5.88 Å². The molecule has 2 unspecified atom stereocenters. The molecule has 1 fully saturated rings. The number of ether oxygens (including phenoxy) is 1. The summed E-state index contributed by atoms with van der Waals surface area (Å²) in [5.41, 5.74) is 0. The van der Waals surface area contributed by atoms with E-state index in [-0.39, 0.29) is 0 Å². The van der Waals surface area contributed by atoms with Crippen molar-refractivity contribution in [2.75, 3.05) is 19.0 Å². The number of anilines is 1. The Morgan fingerprint density at radius 1 is 1.50 bits per heavy atom. The zero-order chi connectivity index (χ0) is 9.97. The average Bonchev–Trinajstić information content (AvgIpc) is 2.92. The highest BCUT2D eigenvalue weighted by molar-refractivity contribution is 5.44. The Hall–Kier alpha value is -1.32. The van der Waals surface area contributed by atoms with Gasteiger partial charge in [0.2, 0.25) is 0 Å². The monoisotopic (exact) mass is 193 g/mol. The minimum absolute atomic E-state index is 0.570. The molecule has 0 spiro atoms. The Morgan fingerprint density at radius 3 is 2.86 bits per heavy atom. The van der Waals surface area contributed by atoms with Crippen LogP contribution in [0, 0.1) is 11.8 Å². The molecule has 4 heteroatoms. The van der Waals surface area contributed by atoms with Gasteiger partial charge in [0.15, 0.2) is 5.82 Å². The molecule has 2 atom stereocenters. The molecule has 1 aliphatic rings. The van der Waals surface area contributed by atoms with Crippen LogP contribution in [0.25, 0.3) is 0 Å². The van der Waals surface area contributed by atoms with Gasteiger partial charge in [-0.2, -0.15) is 0 Å². The van der Waals surface area contributed by atoms with Crippen molar-refractivity contribution in [2.45, 2.75) is 13.3 Å². The maximum atomic E-state index is 5.09. The molecule has 1 aromatic heterocycles. The summed E-state index contributed by atoms with van der Waals surface area (Å²) in [6.45, 7) is 3.23. The smallest absolute Gasteiger partial charge is 0.257 e. The van der Waals surface area contributed by atoms with E-state index in [1.807, 2.05) is 0 Å². The third-order valence-electron chi connectivity index (χ3n) is 2.67. The number of methoxy groups -OCH3 is 1. The van der Waals surface area contributed by atoms with E-state index in [9.17, 15) is 0 Å². The number of hydrogen-bond donors (Lipinski definition) is 1. The average molecular weight is 193 g/mol. The zero-order valence-electron chi connectivity index (χ0n) is 8.53. The predicted octanol–water partition coefficient (Wildman–Crippen LogP) is 1.55. The van der Waals surface area contributed by atoms with Crippen molar-refractivity contribution >= 4 is 5.82 Å². The van der Waals surface area contributed by atoms with Gasteiger partial charge in [0.25, 0.3) is 5.88 Å². The summed E-state index contributed by atoms with van der Waals surface area (Å²) in [6, 6.07) is 0. The Bertz CT molecular complexity index is 316. The summed E-state index contributed by atoms with van der Waals surface area (Å²) < 4.78 is 5.09. The minimum atomic E-state index is 0.570. The molecule has 1 aliphatic carbocycles. The Labute approximate surface area is 83.7 Å². The van der Waals surface area contributed by atoms with Crippen LogP contribution in [0.15, 0.2) is 12.4 Å². The summed E-state index contributed by atoms with van der Waals surface area (Å²) in [5, 5.41) is 3.26. The molecule has 76 valence electrons. The number of rotatable bonds is 4. The summed E-state index contributed by atoms with van der Waals surface area (Å²) in [7, 11) is 1.61. The van der Waals surface area contributed by atoms with E-state index in [1.54, 1.807) is 19.5 Å². The van der Waals surface area contributed by atoms with Crippen LogP contribution in [-0.4, -0.2) is 23.6 Å². The quantitative estimate of drug-likeness (QED) is 0.788. The molecule has 0 radical (unpaired) electrons. The van der Waals surface area contributed by atoms with E-state index in [0.717, 1.165) is 24.2 Å². The van der Waals surface area contributed by atoms with Crippen molar-refractivity contribution in [2.24, 2.45) is 11.8 Å². The standard InChI is InChI=1S/C10H15N3O/c1-7-5-8(7)6-13-9-10(14-2)12-4-3-11-9/h3-4,7-8H,5-6H2,1-2H3,(H,11,13). The number of nitrogens with one attached hydrogen (secondary N) is 1. The van der Waals surface area contributed by atoms with Gasteiger partial charge in [-0.15, -0.1) is 0 Å². The van der Waals surface area contributed by atoms with Crippen LogP contribution in [0.2, 0.25) is 0 Å². The summed E-state index contributed by atoms with van der Waals surface area (Å²) >= 11 is 0. The van der Waals surface area contributed by atoms with Gasteiger partial charge in [0, 0.05) is 18.9 Å². The molecular weight excluding hydrogens is 178 g/mol. The summed E-state index contributed by atoms with van der Waals surface area (Å²) in [5.74, 6) is 2.96. The largest absolute Gasteiger partial charge is 0.478 e.